The first-order valence-corrected chi connectivity index (χ1v) is 13.2. The number of fused-ring (bicyclic) bond motifs is 1. The molecule has 0 saturated carbocycles. The number of carbonyl (C=O) groups excluding carboxylic acids is 2. The summed E-state index contributed by atoms with van der Waals surface area (Å²) in [6.07, 6.45) is 3.11. The smallest absolute Gasteiger partial charge is 0.265 e. The van der Waals surface area contributed by atoms with Gasteiger partial charge in [0.25, 0.3) is 21.8 Å². The Morgan fingerprint density at radius 1 is 0.886 bits per heavy atom. The fraction of sp³-hybridized carbons (Fsp3) is 0.167. The number of piperazine rings is 1. The van der Waals surface area contributed by atoms with Crippen molar-refractivity contribution in [1.29, 1.82) is 0 Å². The van der Waals surface area contributed by atoms with Gasteiger partial charge in [0, 0.05) is 49.0 Å². The van der Waals surface area contributed by atoms with Crippen LogP contribution in [0.15, 0.2) is 77.4 Å². The minimum atomic E-state index is -3.88. The average molecular weight is 508 g/mol. The SMILES string of the molecule is O=C(c1ccc(NS(=O)(=O)c2cccc3cccnc23)cc1)N1CCN(C(=O)c2cncs2)CC1. The van der Waals surface area contributed by atoms with Crippen molar-refractivity contribution in [2.45, 2.75) is 4.90 Å². The Morgan fingerprint density at radius 3 is 2.26 bits per heavy atom. The molecule has 1 N–H and O–H groups in total. The summed E-state index contributed by atoms with van der Waals surface area (Å²) in [5.74, 6) is -0.236. The van der Waals surface area contributed by atoms with E-state index in [1.54, 1.807) is 76.2 Å². The minimum Gasteiger partial charge on any atom is -0.335 e. The molecular weight excluding hydrogens is 486 g/mol. The largest absolute Gasteiger partial charge is 0.335 e. The second-order valence-electron chi connectivity index (χ2n) is 7.96. The van der Waals surface area contributed by atoms with Crippen molar-refractivity contribution in [3.05, 3.63) is 82.9 Å². The van der Waals surface area contributed by atoms with E-state index in [2.05, 4.69) is 14.7 Å². The molecule has 1 saturated heterocycles. The molecule has 0 atom stereocenters. The van der Waals surface area contributed by atoms with Crippen LogP contribution in [0.5, 0.6) is 0 Å². The molecule has 0 radical (unpaired) electrons. The lowest BCUT2D eigenvalue weighted by atomic mass is 10.1. The maximum absolute atomic E-state index is 13.0. The first-order valence-electron chi connectivity index (χ1n) is 10.9. The fourth-order valence-corrected chi connectivity index (χ4v) is 5.78. The summed E-state index contributed by atoms with van der Waals surface area (Å²) in [5.41, 5.74) is 2.80. The molecule has 2 aromatic heterocycles. The summed E-state index contributed by atoms with van der Waals surface area (Å²) in [5, 5.41) is 0.727. The average Bonchev–Trinajstić information content (AvgIpc) is 3.43. The summed E-state index contributed by atoms with van der Waals surface area (Å²) in [6, 6.07) is 14.8. The van der Waals surface area contributed by atoms with Crippen molar-refractivity contribution in [2.24, 2.45) is 0 Å². The molecule has 5 rings (SSSR count). The molecule has 35 heavy (non-hydrogen) atoms. The topological polar surface area (TPSA) is 113 Å². The van der Waals surface area contributed by atoms with Gasteiger partial charge in [-0.15, -0.1) is 11.3 Å². The molecule has 11 heteroatoms. The fourth-order valence-electron chi connectivity index (χ4n) is 3.96. The maximum atomic E-state index is 13.0. The number of para-hydroxylation sites is 1. The quantitative estimate of drug-likeness (QED) is 0.444. The molecular formula is C24H21N5O4S2. The number of thiazole rings is 1. The Morgan fingerprint density at radius 2 is 1.57 bits per heavy atom. The van der Waals surface area contributed by atoms with Crippen LogP contribution in [-0.2, 0) is 10.0 Å². The molecule has 0 unspecified atom stereocenters. The van der Waals surface area contributed by atoms with Gasteiger partial charge in [-0.05, 0) is 36.4 Å². The Labute approximate surface area is 206 Å². The normalized spacial score (nSPS) is 14.2. The van der Waals surface area contributed by atoms with Crippen LogP contribution in [0.1, 0.15) is 20.0 Å². The van der Waals surface area contributed by atoms with E-state index in [1.807, 2.05) is 0 Å². The predicted molar refractivity (Wildman–Crippen MR) is 133 cm³/mol. The number of sulfonamides is 1. The highest BCUT2D eigenvalue weighted by atomic mass is 32.2. The second kappa shape index (κ2) is 9.43. The number of benzene rings is 2. The zero-order valence-corrected chi connectivity index (χ0v) is 20.1. The van der Waals surface area contributed by atoms with Gasteiger partial charge in [0.1, 0.15) is 9.77 Å². The van der Waals surface area contributed by atoms with Crippen LogP contribution in [-0.4, -0.2) is 66.2 Å². The van der Waals surface area contributed by atoms with Gasteiger partial charge in [0.2, 0.25) is 0 Å². The molecule has 1 aliphatic rings. The van der Waals surface area contributed by atoms with Gasteiger partial charge < -0.3 is 9.80 Å². The lowest BCUT2D eigenvalue weighted by Gasteiger charge is -2.34. The van der Waals surface area contributed by atoms with Crippen molar-refractivity contribution in [3.8, 4) is 0 Å². The van der Waals surface area contributed by atoms with Gasteiger partial charge in [0.15, 0.2) is 0 Å². The van der Waals surface area contributed by atoms with Crippen molar-refractivity contribution in [2.75, 3.05) is 30.9 Å². The Kier molecular flexibility index (Phi) is 6.18. The van der Waals surface area contributed by atoms with E-state index in [0.29, 0.717) is 47.8 Å². The zero-order valence-electron chi connectivity index (χ0n) is 18.5. The van der Waals surface area contributed by atoms with Gasteiger partial charge in [0.05, 0.1) is 17.2 Å². The number of carbonyl (C=O) groups is 2. The number of hydrogen-bond acceptors (Lipinski definition) is 7. The van der Waals surface area contributed by atoms with Gasteiger partial charge in [-0.25, -0.2) is 8.42 Å². The van der Waals surface area contributed by atoms with Crippen molar-refractivity contribution >= 4 is 49.8 Å². The molecule has 2 aromatic carbocycles. The van der Waals surface area contributed by atoms with Crippen LogP contribution in [0.25, 0.3) is 10.9 Å². The Bertz CT molecular complexity index is 1470. The van der Waals surface area contributed by atoms with Crippen LogP contribution < -0.4 is 4.72 Å². The van der Waals surface area contributed by atoms with E-state index in [4.69, 9.17) is 0 Å². The molecule has 0 spiro atoms. The molecule has 3 heterocycles. The molecule has 4 aromatic rings. The highest BCUT2D eigenvalue weighted by Crippen LogP contribution is 2.24. The Hall–Kier alpha value is -3.83. The lowest BCUT2D eigenvalue weighted by molar-refractivity contribution is 0.0538. The monoisotopic (exact) mass is 507 g/mol. The van der Waals surface area contributed by atoms with Crippen molar-refractivity contribution in [3.63, 3.8) is 0 Å². The molecule has 178 valence electrons. The van der Waals surface area contributed by atoms with E-state index in [9.17, 15) is 18.0 Å². The summed E-state index contributed by atoms with van der Waals surface area (Å²) >= 11 is 1.30. The number of amides is 2. The Balaban J connectivity index is 1.24. The van der Waals surface area contributed by atoms with Crippen molar-refractivity contribution in [1.82, 2.24) is 19.8 Å². The summed E-state index contributed by atoms with van der Waals surface area (Å²) in [7, 11) is -3.88. The third kappa shape index (κ3) is 4.73. The van der Waals surface area contributed by atoms with Crippen LogP contribution >= 0.6 is 11.3 Å². The highest BCUT2D eigenvalue weighted by molar-refractivity contribution is 7.93. The zero-order chi connectivity index (χ0) is 24.4. The van der Waals surface area contributed by atoms with Crippen LogP contribution in [0.3, 0.4) is 0 Å². The molecule has 0 bridgehead atoms. The maximum Gasteiger partial charge on any atom is 0.265 e. The molecule has 9 nitrogen and oxygen atoms in total. The lowest BCUT2D eigenvalue weighted by Crippen LogP contribution is -2.50. The van der Waals surface area contributed by atoms with Gasteiger partial charge >= 0.3 is 0 Å². The van der Waals surface area contributed by atoms with E-state index >= 15 is 0 Å². The second-order valence-corrected chi connectivity index (χ2v) is 10.5. The minimum absolute atomic E-state index is 0.0716. The molecule has 2 amide bonds. The highest BCUT2D eigenvalue weighted by Gasteiger charge is 2.26. The third-order valence-corrected chi connectivity index (χ3v) is 7.94. The van der Waals surface area contributed by atoms with E-state index in [-0.39, 0.29) is 16.7 Å². The summed E-state index contributed by atoms with van der Waals surface area (Å²) in [6.45, 7) is 1.73. The van der Waals surface area contributed by atoms with E-state index in [0.717, 1.165) is 5.39 Å². The van der Waals surface area contributed by atoms with E-state index < -0.39 is 10.0 Å². The van der Waals surface area contributed by atoms with Crippen LogP contribution in [0.2, 0.25) is 0 Å². The van der Waals surface area contributed by atoms with Gasteiger partial charge in [-0.1, -0.05) is 18.2 Å². The van der Waals surface area contributed by atoms with E-state index in [1.165, 1.54) is 17.4 Å². The predicted octanol–water partition coefficient (Wildman–Crippen LogP) is 3.09. The number of pyridine rings is 1. The number of aromatic nitrogens is 2. The molecule has 1 aliphatic heterocycles. The van der Waals surface area contributed by atoms with Gasteiger partial charge in [-0.3, -0.25) is 24.3 Å². The summed E-state index contributed by atoms with van der Waals surface area (Å²) in [4.78, 5) is 37.6. The summed E-state index contributed by atoms with van der Waals surface area (Å²) < 4.78 is 28.5. The standard InChI is InChI=1S/C24H21N5O4S2/c30-23(28-11-13-29(14-12-28)24(31)20-15-25-16-34-20)18-6-8-19(9-7-18)27-35(32,33)21-5-1-3-17-4-2-10-26-22(17)21/h1-10,15-16,27H,11-14H2. The molecule has 0 aliphatic carbocycles. The first-order chi connectivity index (χ1) is 16.9. The van der Waals surface area contributed by atoms with Crippen LogP contribution in [0.4, 0.5) is 5.69 Å². The van der Waals surface area contributed by atoms with Crippen molar-refractivity contribution < 1.29 is 18.0 Å². The third-order valence-electron chi connectivity index (χ3n) is 5.77. The van der Waals surface area contributed by atoms with Crippen LogP contribution in [0, 0.1) is 0 Å². The molecule has 1 fully saturated rings. The number of nitrogens with one attached hydrogen (secondary N) is 1. The van der Waals surface area contributed by atoms with Gasteiger partial charge in [-0.2, -0.15) is 0 Å². The number of nitrogens with zero attached hydrogens (tertiary/aromatic N) is 4. The first kappa shape index (κ1) is 22.9. The number of hydrogen-bond donors (Lipinski definition) is 1. The number of anilines is 1. The number of rotatable bonds is 5.